The van der Waals surface area contributed by atoms with Crippen LogP contribution in [0.25, 0.3) is 0 Å². The average molecular weight is 226 g/mol. The largest absolute Gasteiger partial charge is 0.0628 e. The van der Waals surface area contributed by atoms with E-state index >= 15 is 0 Å². The van der Waals surface area contributed by atoms with Gasteiger partial charge in [0.05, 0.1) is 0 Å². The van der Waals surface area contributed by atoms with Crippen LogP contribution < -0.4 is 0 Å². The highest BCUT2D eigenvalue weighted by atomic mass is 14.4. The Morgan fingerprint density at radius 2 is 1.12 bits per heavy atom. The molecule has 0 aliphatic heterocycles. The van der Waals surface area contributed by atoms with Gasteiger partial charge in [0.25, 0.3) is 0 Å². The van der Waals surface area contributed by atoms with Crippen molar-refractivity contribution in [1.29, 1.82) is 0 Å². The molecule has 0 heterocycles. The van der Waals surface area contributed by atoms with Gasteiger partial charge >= 0.3 is 0 Å². The molecule has 0 saturated heterocycles. The Bertz CT molecular complexity index is 187. The maximum Gasteiger partial charge on any atom is -0.0335 e. The third-order valence-electron chi connectivity index (χ3n) is 4.14. The summed E-state index contributed by atoms with van der Waals surface area (Å²) in [6.45, 7) is 21.5. The summed E-state index contributed by atoms with van der Waals surface area (Å²) in [7, 11) is 0. The highest BCUT2D eigenvalue weighted by molar-refractivity contribution is 4.84. The summed E-state index contributed by atoms with van der Waals surface area (Å²) < 4.78 is 0. The standard InChI is InChI=1S/C16H34/c1-12(2)10-11-14(16(7,8)9)13(3)15(4,5)6/h12-14H,10-11H2,1-9H3. The lowest BCUT2D eigenvalue weighted by atomic mass is 9.63. The van der Waals surface area contributed by atoms with Crippen molar-refractivity contribution in [1.82, 2.24) is 0 Å². The van der Waals surface area contributed by atoms with Crippen molar-refractivity contribution in [2.75, 3.05) is 0 Å². The lowest BCUT2D eigenvalue weighted by Gasteiger charge is -2.42. The van der Waals surface area contributed by atoms with Crippen LogP contribution in [0.15, 0.2) is 0 Å². The fourth-order valence-corrected chi connectivity index (χ4v) is 2.55. The summed E-state index contributed by atoms with van der Waals surface area (Å²) in [5, 5.41) is 0. The lowest BCUT2D eigenvalue weighted by Crippen LogP contribution is -2.34. The van der Waals surface area contributed by atoms with Gasteiger partial charge in [-0.3, -0.25) is 0 Å². The quantitative estimate of drug-likeness (QED) is 0.571. The van der Waals surface area contributed by atoms with Crippen molar-refractivity contribution in [3.8, 4) is 0 Å². The average Bonchev–Trinajstić information content (AvgIpc) is 1.99. The maximum absolute atomic E-state index is 2.44. The minimum absolute atomic E-state index is 0.426. The normalized spacial score (nSPS) is 17.6. The minimum Gasteiger partial charge on any atom is -0.0628 e. The molecule has 2 unspecified atom stereocenters. The Morgan fingerprint density at radius 1 is 0.688 bits per heavy atom. The third-order valence-corrected chi connectivity index (χ3v) is 4.14. The van der Waals surface area contributed by atoms with Crippen molar-refractivity contribution in [2.45, 2.75) is 75.2 Å². The molecule has 0 heteroatoms. The van der Waals surface area contributed by atoms with Gasteiger partial charge in [-0.2, -0.15) is 0 Å². The van der Waals surface area contributed by atoms with Gasteiger partial charge in [0, 0.05) is 0 Å². The Morgan fingerprint density at radius 3 is 1.38 bits per heavy atom. The Kier molecular flexibility index (Phi) is 5.56. The van der Waals surface area contributed by atoms with Crippen LogP contribution in [0, 0.1) is 28.6 Å². The van der Waals surface area contributed by atoms with Crippen LogP contribution in [0.3, 0.4) is 0 Å². The second-order valence-electron chi connectivity index (χ2n) is 8.10. The molecule has 0 rings (SSSR count). The predicted molar refractivity (Wildman–Crippen MR) is 75.6 cm³/mol. The maximum atomic E-state index is 2.44. The van der Waals surface area contributed by atoms with Crippen LogP contribution in [0.1, 0.15) is 75.2 Å². The molecule has 0 aromatic carbocycles. The van der Waals surface area contributed by atoms with E-state index in [9.17, 15) is 0 Å². The van der Waals surface area contributed by atoms with E-state index < -0.39 is 0 Å². The molecule has 98 valence electrons. The van der Waals surface area contributed by atoms with Crippen molar-refractivity contribution >= 4 is 0 Å². The van der Waals surface area contributed by atoms with E-state index in [1.807, 2.05) is 0 Å². The zero-order valence-corrected chi connectivity index (χ0v) is 13.1. The summed E-state index contributed by atoms with van der Waals surface area (Å²) in [6, 6.07) is 0. The van der Waals surface area contributed by atoms with Gasteiger partial charge in [0.15, 0.2) is 0 Å². The summed E-state index contributed by atoms with van der Waals surface area (Å²) in [6.07, 6.45) is 2.74. The smallest absolute Gasteiger partial charge is 0.0335 e. The lowest BCUT2D eigenvalue weighted by molar-refractivity contribution is 0.0728. The van der Waals surface area contributed by atoms with Crippen LogP contribution in [0.2, 0.25) is 0 Å². The number of rotatable bonds is 4. The molecule has 0 bridgehead atoms. The van der Waals surface area contributed by atoms with E-state index in [-0.39, 0.29) is 0 Å². The molecule has 0 fully saturated rings. The Hall–Kier alpha value is 0. The molecule has 0 N–H and O–H groups in total. The van der Waals surface area contributed by atoms with Gasteiger partial charge < -0.3 is 0 Å². The molecule has 0 aliphatic carbocycles. The first-order valence-corrected chi connectivity index (χ1v) is 6.96. The molecule has 0 saturated carbocycles. The molecule has 0 spiro atoms. The third kappa shape index (κ3) is 5.37. The van der Waals surface area contributed by atoms with Crippen molar-refractivity contribution in [3.63, 3.8) is 0 Å². The van der Waals surface area contributed by atoms with Gasteiger partial charge in [-0.25, -0.2) is 0 Å². The topological polar surface area (TPSA) is 0 Å². The first-order valence-electron chi connectivity index (χ1n) is 6.96. The molecule has 0 aromatic heterocycles. The first kappa shape index (κ1) is 16.0. The zero-order valence-electron chi connectivity index (χ0n) is 13.1. The highest BCUT2D eigenvalue weighted by Crippen LogP contribution is 2.43. The summed E-state index contributed by atoms with van der Waals surface area (Å²) >= 11 is 0. The molecule has 0 nitrogen and oxygen atoms in total. The fraction of sp³-hybridized carbons (Fsp3) is 1.00. The fourth-order valence-electron chi connectivity index (χ4n) is 2.55. The Balaban J connectivity index is 4.69. The van der Waals surface area contributed by atoms with Gasteiger partial charge in [-0.1, -0.05) is 68.7 Å². The second-order valence-corrected chi connectivity index (χ2v) is 8.10. The van der Waals surface area contributed by atoms with Crippen molar-refractivity contribution in [3.05, 3.63) is 0 Å². The molecular weight excluding hydrogens is 192 g/mol. The van der Waals surface area contributed by atoms with E-state index in [1.54, 1.807) is 0 Å². The van der Waals surface area contributed by atoms with Gasteiger partial charge in [-0.15, -0.1) is 0 Å². The van der Waals surface area contributed by atoms with Crippen molar-refractivity contribution in [2.24, 2.45) is 28.6 Å². The number of hydrogen-bond donors (Lipinski definition) is 0. The molecular formula is C16H34. The Labute approximate surface area is 104 Å². The van der Waals surface area contributed by atoms with E-state index in [1.165, 1.54) is 12.8 Å². The molecule has 16 heavy (non-hydrogen) atoms. The molecule has 0 amide bonds. The number of hydrogen-bond acceptors (Lipinski definition) is 0. The molecule has 0 radical (unpaired) electrons. The van der Waals surface area contributed by atoms with Crippen LogP contribution in [0.4, 0.5) is 0 Å². The van der Waals surface area contributed by atoms with E-state index in [0.29, 0.717) is 10.8 Å². The summed E-state index contributed by atoms with van der Waals surface area (Å²) in [5.41, 5.74) is 0.858. The van der Waals surface area contributed by atoms with Crippen LogP contribution in [-0.2, 0) is 0 Å². The summed E-state index contributed by atoms with van der Waals surface area (Å²) in [5.74, 6) is 2.44. The van der Waals surface area contributed by atoms with Gasteiger partial charge in [-0.05, 0) is 35.0 Å². The van der Waals surface area contributed by atoms with Gasteiger partial charge in [0.2, 0.25) is 0 Å². The van der Waals surface area contributed by atoms with E-state index in [2.05, 4.69) is 62.3 Å². The highest BCUT2D eigenvalue weighted by Gasteiger charge is 2.35. The monoisotopic (exact) mass is 226 g/mol. The zero-order chi connectivity index (χ0) is 13.1. The van der Waals surface area contributed by atoms with Crippen LogP contribution in [0.5, 0.6) is 0 Å². The first-order chi connectivity index (χ1) is 6.96. The molecule has 0 aromatic rings. The van der Waals surface area contributed by atoms with E-state index in [0.717, 1.165) is 17.8 Å². The summed E-state index contributed by atoms with van der Waals surface area (Å²) in [4.78, 5) is 0. The van der Waals surface area contributed by atoms with Gasteiger partial charge in [0.1, 0.15) is 0 Å². The van der Waals surface area contributed by atoms with Crippen molar-refractivity contribution < 1.29 is 0 Å². The van der Waals surface area contributed by atoms with E-state index in [4.69, 9.17) is 0 Å². The molecule has 0 aliphatic rings. The SMILES string of the molecule is CC(C)CCC(C(C)C(C)(C)C)C(C)(C)C. The molecule has 2 atom stereocenters. The predicted octanol–water partition coefficient (Wildman–Crippen LogP) is 5.77. The van der Waals surface area contributed by atoms with Crippen LogP contribution >= 0.6 is 0 Å². The second kappa shape index (κ2) is 5.56. The minimum atomic E-state index is 0.426. The van der Waals surface area contributed by atoms with Crippen LogP contribution in [-0.4, -0.2) is 0 Å².